The van der Waals surface area contributed by atoms with Crippen molar-refractivity contribution >= 4 is 27.6 Å². The topological polar surface area (TPSA) is 156 Å². The number of sulfonamides is 1. The van der Waals surface area contributed by atoms with Gasteiger partial charge in [0.05, 0.1) is 10.6 Å². The highest BCUT2D eigenvalue weighted by molar-refractivity contribution is 7.89. The molecule has 2 atom stereocenters. The molecule has 40 heavy (non-hydrogen) atoms. The summed E-state index contributed by atoms with van der Waals surface area (Å²) < 4.78 is 27.4. The van der Waals surface area contributed by atoms with Gasteiger partial charge in [-0.2, -0.15) is 9.40 Å². The molecule has 10 nitrogen and oxygen atoms in total. The van der Waals surface area contributed by atoms with Crippen LogP contribution in [0.2, 0.25) is 0 Å². The molecule has 0 radical (unpaired) electrons. The molecule has 1 aliphatic heterocycles. The molecule has 0 spiro atoms. The Balaban J connectivity index is 1.37. The standard InChI is InChI=1S/C29H35N5O5S/c1-20(30)8-5-6-9-23-19-25(33-32-23)22-15-13-21(14-16-22)18-26(29(36)37)31-28(35)27-12-7-17-34(27)40(38,39)24-10-3-2-4-11-24/h2-4,10-11,13-16,19,26-27,30H,5-9,12,17-18H2,1H3,(H,31,35)(H,32,33)(H,36,37)/t26-,27-/m0/s1. The summed E-state index contributed by atoms with van der Waals surface area (Å²) in [6.07, 6.45) is 4.47. The number of carbonyl (C=O) groups excluding carboxylic acids is 1. The van der Waals surface area contributed by atoms with E-state index in [1.807, 2.05) is 25.1 Å². The van der Waals surface area contributed by atoms with Crippen LogP contribution in [0, 0.1) is 5.41 Å². The van der Waals surface area contributed by atoms with Crippen LogP contribution in [0.1, 0.15) is 50.3 Å². The summed E-state index contributed by atoms with van der Waals surface area (Å²) >= 11 is 0. The number of unbranched alkanes of at least 4 members (excludes halogenated alkanes) is 1. The predicted octanol–water partition coefficient (Wildman–Crippen LogP) is 3.79. The molecule has 1 aliphatic rings. The Morgan fingerprint density at radius 3 is 2.55 bits per heavy atom. The van der Waals surface area contributed by atoms with Crippen LogP contribution in [0.3, 0.4) is 0 Å². The van der Waals surface area contributed by atoms with Crippen LogP contribution in [-0.4, -0.2) is 64.2 Å². The lowest BCUT2D eigenvalue weighted by Gasteiger charge is -2.25. The first-order valence-electron chi connectivity index (χ1n) is 13.4. The van der Waals surface area contributed by atoms with Gasteiger partial charge in [0.2, 0.25) is 15.9 Å². The second kappa shape index (κ2) is 13.0. The minimum Gasteiger partial charge on any atom is -0.480 e. The van der Waals surface area contributed by atoms with Gasteiger partial charge in [0.15, 0.2) is 0 Å². The SMILES string of the molecule is CC(=N)CCCCc1cc(-c2ccc(C[C@H](NC(=O)[C@@H]3CCCN3S(=O)(=O)c3ccccc3)C(=O)O)cc2)n[nH]1. The van der Waals surface area contributed by atoms with Crippen molar-refractivity contribution in [3.05, 3.63) is 71.9 Å². The largest absolute Gasteiger partial charge is 0.480 e. The zero-order valence-electron chi connectivity index (χ0n) is 22.5. The molecule has 0 unspecified atom stereocenters. The van der Waals surface area contributed by atoms with Crippen molar-refractivity contribution in [3.63, 3.8) is 0 Å². The van der Waals surface area contributed by atoms with E-state index in [4.69, 9.17) is 5.41 Å². The van der Waals surface area contributed by atoms with Gasteiger partial charge < -0.3 is 15.8 Å². The van der Waals surface area contributed by atoms with Crippen LogP contribution in [0.5, 0.6) is 0 Å². The second-order valence-corrected chi connectivity index (χ2v) is 12.0. The minimum atomic E-state index is -3.88. The van der Waals surface area contributed by atoms with Crippen LogP contribution >= 0.6 is 0 Å². The van der Waals surface area contributed by atoms with E-state index in [0.717, 1.165) is 48.2 Å². The highest BCUT2D eigenvalue weighted by atomic mass is 32.2. The van der Waals surface area contributed by atoms with Gasteiger partial charge in [-0.25, -0.2) is 13.2 Å². The van der Waals surface area contributed by atoms with Crippen LogP contribution in [-0.2, 0) is 32.5 Å². The van der Waals surface area contributed by atoms with Gasteiger partial charge >= 0.3 is 5.97 Å². The second-order valence-electron chi connectivity index (χ2n) is 10.2. The normalized spacial score (nSPS) is 16.5. The first-order chi connectivity index (χ1) is 19.1. The maximum atomic E-state index is 13.1. The Morgan fingerprint density at radius 1 is 1.15 bits per heavy atom. The molecule has 1 amide bonds. The number of amides is 1. The van der Waals surface area contributed by atoms with Gasteiger partial charge in [0, 0.05) is 29.9 Å². The fourth-order valence-corrected chi connectivity index (χ4v) is 6.55. The number of aromatic amines is 1. The van der Waals surface area contributed by atoms with Crippen molar-refractivity contribution in [1.29, 1.82) is 5.41 Å². The highest BCUT2D eigenvalue weighted by Gasteiger charge is 2.40. The molecule has 3 aromatic rings. The lowest BCUT2D eigenvalue weighted by Crippen LogP contribution is -2.51. The number of hydrogen-bond acceptors (Lipinski definition) is 6. The number of aromatic nitrogens is 2. The van der Waals surface area contributed by atoms with E-state index >= 15 is 0 Å². The van der Waals surface area contributed by atoms with Gasteiger partial charge in [0.25, 0.3) is 0 Å². The number of H-pyrrole nitrogens is 1. The van der Waals surface area contributed by atoms with Gasteiger partial charge in [-0.1, -0.05) is 42.5 Å². The van der Waals surface area contributed by atoms with Gasteiger partial charge in [0.1, 0.15) is 12.1 Å². The van der Waals surface area contributed by atoms with Crippen molar-refractivity contribution in [2.75, 3.05) is 6.54 Å². The molecule has 1 saturated heterocycles. The fraction of sp³-hybridized carbons (Fsp3) is 0.379. The molecule has 0 aliphatic carbocycles. The summed E-state index contributed by atoms with van der Waals surface area (Å²) in [5, 5.41) is 27.3. The van der Waals surface area contributed by atoms with Crippen molar-refractivity contribution in [1.82, 2.24) is 19.8 Å². The van der Waals surface area contributed by atoms with E-state index in [2.05, 4.69) is 15.5 Å². The number of nitrogens with one attached hydrogen (secondary N) is 3. The Labute approximate surface area is 234 Å². The smallest absolute Gasteiger partial charge is 0.326 e. The molecule has 4 rings (SSSR count). The zero-order chi connectivity index (χ0) is 28.7. The average Bonchev–Trinajstić information content (AvgIpc) is 3.62. The van der Waals surface area contributed by atoms with E-state index < -0.39 is 34.0 Å². The molecule has 0 bridgehead atoms. The van der Waals surface area contributed by atoms with Gasteiger partial charge in [-0.15, -0.1) is 0 Å². The molecule has 2 heterocycles. The molecule has 4 N–H and O–H groups in total. The lowest BCUT2D eigenvalue weighted by molar-refractivity contribution is -0.142. The summed E-state index contributed by atoms with van der Waals surface area (Å²) in [6, 6.07) is 15.1. The summed E-state index contributed by atoms with van der Waals surface area (Å²) in [7, 11) is -3.88. The molecule has 1 fully saturated rings. The maximum absolute atomic E-state index is 13.1. The van der Waals surface area contributed by atoms with Gasteiger partial charge in [-0.05, 0) is 69.2 Å². The number of carboxylic acid groups (broad SMARTS) is 1. The van der Waals surface area contributed by atoms with E-state index in [1.165, 1.54) is 16.4 Å². The highest BCUT2D eigenvalue weighted by Crippen LogP contribution is 2.26. The third kappa shape index (κ3) is 7.22. The van der Waals surface area contributed by atoms with Crippen molar-refractivity contribution in [2.45, 2.75) is 68.8 Å². The van der Waals surface area contributed by atoms with Gasteiger partial charge in [-0.3, -0.25) is 9.89 Å². The third-order valence-corrected chi connectivity index (χ3v) is 8.96. The molecule has 0 saturated carbocycles. The Bertz CT molecular complexity index is 1440. The van der Waals surface area contributed by atoms with E-state index in [0.29, 0.717) is 18.6 Å². The van der Waals surface area contributed by atoms with Crippen molar-refractivity contribution < 1.29 is 23.1 Å². The Morgan fingerprint density at radius 2 is 1.88 bits per heavy atom. The minimum absolute atomic E-state index is 0.0533. The number of benzene rings is 2. The summed E-state index contributed by atoms with van der Waals surface area (Å²) in [4.78, 5) is 25.2. The summed E-state index contributed by atoms with van der Waals surface area (Å²) in [6.45, 7) is 2.01. The van der Waals surface area contributed by atoms with Crippen LogP contribution < -0.4 is 5.32 Å². The third-order valence-electron chi connectivity index (χ3n) is 7.04. The summed E-state index contributed by atoms with van der Waals surface area (Å²) in [5.74, 6) is -1.80. The maximum Gasteiger partial charge on any atom is 0.326 e. The van der Waals surface area contributed by atoms with Crippen LogP contribution in [0.4, 0.5) is 0 Å². The van der Waals surface area contributed by atoms with Crippen molar-refractivity contribution in [2.24, 2.45) is 0 Å². The molecule has 11 heteroatoms. The molecule has 212 valence electrons. The Kier molecular flexibility index (Phi) is 9.49. The zero-order valence-corrected chi connectivity index (χ0v) is 23.3. The fourth-order valence-electron chi connectivity index (χ4n) is 4.88. The average molecular weight is 566 g/mol. The molecule has 1 aromatic heterocycles. The number of carbonyl (C=O) groups is 2. The van der Waals surface area contributed by atoms with Crippen LogP contribution in [0.15, 0.2) is 65.6 Å². The van der Waals surface area contributed by atoms with E-state index in [-0.39, 0.29) is 17.9 Å². The number of aliphatic carboxylic acids is 1. The number of aryl methyl sites for hydroxylation is 1. The quantitative estimate of drug-likeness (QED) is 0.182. The van der Waals surface area contributed by atoms with E-state index in [9.17, 15) is 23.1 Å². The monoisotopic (exact) mass is 565 g/mol. The number of carboxylic acids is 1. The predicted molar refractivity (Wildman–Crippen MR) is 152 cm³/mol. The molecular weight excluding hydrogens is 530 g/mol. The number of nitrogens with zero attached hydrogens (tertiary/aromatic N) is 2. The summed E-state index contributed by atoms with van der Waals surface area (Å²) in [5.41, 5.74) is 4.09. The lowest BCUT2D eigenvalue weighted by atomic mass is 10.0. The molecule has 2 aromatic carbocycles. The number of hydrogen-bond donors (Lipinski definition) is 4. The van der Waals surface area contributed by atoms with Crippen molar-refractivity contribution in [3.8, 4) is 11.3 Å². The Hall–Kier alpha value is -3.83. The first kappa shape index (κ1) is 29.2. The van der Waals surface area contributed by atoms with E-state index in [1.54, 1.807) is 30.3 Å². The molecular formula is C29H35N5O5S. The first-order valence-corrected chi connectivity index (χ1v) is 14.9. The van der Waals surface area contributed by atoms with Crippen LogP contribution in [0.25, 0.3) is 11.3 Å². The number of rotatable bonds is 13.